The summed E-state index contributed by atoms with van der Waals surface area (Å²) < 4.78 is 56.5. The van der Waals surface area contributed by atoms with Gasteiger partial charge in [-0.15, -0.1) is 0 Å². The fourth-order valence-electron chi connectivity index (χ4n) is 5.57. The number of nitriles is 1. The molecule has 2 aromatic carbocycles. The number of anilines is 2. The third-order valence-corrected chi connectivity index (χ3v) is 8.03. The molecule has 0 unspecified atom stereocenters. The van der Waals surface area contributed by atoms with Gasteiger partial charge < -0.3 is 0 Å². The van der Waals surface area contributed by atoms with Gasteiger partial charge >= 0.3 is 0 Å². The summed E-state index contributed by atoms with van der Waals surface area (Å²) >= 11 is 12.6. The van der Waals surface area contributed by atoms with Crippen molar-refractivity contribution in [3.63, 3.8) is 0 Å². The molecule has 5 rings (SSSR count). The van der Waals surface area contributed by atoms with Crippen LogP contribution in [0.2, 0.25) is 10.0 Å². The number of Topliss-reactive ketones (excluding diaryl/α,β-unsaturated/α-hetero) is 1. The van der Waals surface area contributed by atoms with Crippen molar-refractivity contribution in [1.82, 2.24) is 4.98 Å². The average molecular weight is 633 g/mol. The summed E-state index contributed by atoms with van der Waals surface area (Å²) in [6.45, 7) is 0. The predicted octanol–water partition coefficient (Wildman–Crippen LogP) is 6.81. The highest BCUT2D eigenvalue weighted by molar-refractivity contribution is 6.35. The maximum absolute atomic E-state index is 14.6. The Kier molecular flexibility index (Phi) is 8.45. The summed E-state index contributed by atoms with van der Waals surface area (Å²) in [5, 5.41) is 9.48. The van der Waals surface area contributed by atoms with Crippen molar-refractivity contribution in [2.45, 2.75) is 50.1 Å². The van der Waals surface area contributed by atoms with Crippen molar-refractivity contribution in [2.75, 3.05) is 9.80 Å². The number of nitrogens with zero attached hydrogens (tertiary/aromatic N) is 4. The van der Waals surface area contributed by atoms with Crippen LogP contribution < -0.4 is 9.80 Å². The summed E-state index contributed by atoms with van der Waals surface area (Å²) in [7, 11) is 0. The quantitative estimate of drug-likeness (QED) is 0.254. The number of pyridine rings is 1. The number of hydrogen-bond donors (Lipinski definition) is 0. The van der Waals surface area contributed by atoms with Gasteiger partial charge in [0.25, 0.3) is 5.91 Å². The van der Waals surface area contributed by atoms with Crippen LogP contribution >= 0.6 is 23.2 Å². The molecule has 3 aromatic rings. The lowest BCUT2D eigenvalue weighted by molar-refractivity contribution is -0.135. The Balaban J connectivity index is 1.64. The Morgan fingerprint density at radius 3 is 2.42 bits per heavy atom. The van der Waals surface area contributed by atoms with Crippen LogP contribution in [-0.2, 0) is 14.4 Å². The van der Waals surface area contributed by atoms with Gasteiger partial charge in [0.1, 0.15) is 29.5 Å². The molecule has 0 spiro atoms. The number of amides is 2. The fourth-order valence-corrected chi connectivity index (χ4v) is 6.08. The number of rotatable bonds is 8. The molecule has 2 fully saturated rings. The molecule has 13 heteroatoms. The molecule has 1 aliphatic heterocycles. The van der Waals surface area contributed by atoms with Crippen molar-refractivity contribution in [3.05, 3.63) is 87.5 Å². The average Bonchev–Trinajstić information content (AvgIpc) is 3.31. The van der Waals surface area contributed by atoms with Crippen molar-refractivity contribution in [3.8, 4) is 6.07 Å². The number of carbonyl (C=O) groups is 3. The van der Waals surface area contributed by atoms with E-state index in [9.17, 15) is 37.2 Å². The van der Waals surface area contributed by atoms with Gasteiger partial charge in [0.05, 0.1) is 17.3 Å². The van der Waals surface area contributed by atoms with Crippen LogP contribution in [0.15, 0.2) is 54.7 Å². The van der Waals surface area contributed by atoms with Gasteiger partial charge in [-0.3, -0.25) is 24.2 Å². The molecule has 2 heterocycles. The first-order chi connectivity index (χ1) is 20.4. The summed E-state index contributed by atoms with van der Waals surface area (Å²) in [6, 6.07) is 8.09. The molecule has 1 aliphatic carbocycles. The molecule has 0 N–H and O–H groups in total. The summed E-state index contributed by atoms with van der Waals surface area (Å²) in [6.07, 6.45) is -0.302. The van der Waals surface area contributed by atoms with Crippen LogP contribution in [-0.4, -0.2) is 34.5 Å². The molecule has 222 valence electrons. The first kappa shape index (κ1) is 30.4. The van der Waals surface area contributed by atoms with E-state index in [0.717, 1.165) is 21.9 Å². The van der Waals surface area contributed by atoms with Crippen LogP contribution in [0, 0.1) is 28.9 Å². The third kappa shape index (κ3) is 6.36. The third-order valence-electron chi connectivity index (χ3n) is 7.47. The van der Waals surface area contributed by atoms with Crippen LogP contribution in [0.4, 0.5) is 29.1 Å². The Labute approximate surface area is 253 Å². The summed E-state index contributed by atoms with van der Waals surface area (Å²) in [5.41, 5.74) is -0.150. The monoisotopic (exact) mass is 632 g/mol. The van der Waals surface area contributed by atoms with E-state index in [1.807, 2.05) is 6.07 Å². The largest absolute Gasteiger partial charge is 0.297 e. The van der Waals surface area contributed by atoms with E-state index in [-0.39, 0.29) is 51.9 Å². The lowest BCUT2D eigenvalue weighted by Crippen LogP contribution is -2.51. The zero-order chi connectivity index (χ0) is 31.1. The predicted molar refractivity (Wildman–Crippen MR) is 150 cm³/mol. The van der Waals surface area contributed by atoms with Crippen LogP contribution in [0.25, 0.3) is 0 Å². The smallest absolute Gasteiger partial charge is 0.251 e. The minimum absolute atomic E-state index is 0.00521. The fraction of sp³-hybridized carbons (Fsp3) is 0.300. The second kappa shape index (κ2) is 11.9. The molecule has 2 atom stereocenters. The Morgan fingerprint density at radius 2 is 1.79 bits per heavy atom. The number of ketones is 1. The highest BCUT2D eigenvalue weighted by atomic mass is 35.5. The van der Waals surface area contributed by atoms with Gasteiger partial charge in [-0.25, -0.2) is 22.5 Å². The molecular formula is C30H22Cl2F4N4O3. The zero-order valence-electron chi connectivity index (χ0n) is 22.2. The maximum Gasteiger partial charge on any atom is 0.251 e. The second-order valence-electron chi connectivity index (χ2n) is 10.5. The summed E-state index contributed by atoms with van der Waals surface area (Å²) in [5.74, 6) is -7.84. The molecule has 1 saturated heterocycles. The molecule has 1 aromatic heterocycles. The number of carbonyl (C=O) groups excluding carboxylic acids is 3. The lowest BCUT2D eigenvalue weighted by Gasteiger charge is -2.38. The normalized spacial score (nSPS) is 18.6. The molecular weight excluding hydrogens is 611 g/mol. The van der Waals surface area contributed by atoms with Crippen LogP contribution in [0.1, 0.15) is 49.3 Å². The Hall–Kier alpha value is -4.01. The van der Waals surface area contributed by atoms with E-state index >= 15 is 0 Å². The first-order valence-corrected chi connectivity index (χ1v) is 14.0. The van der Waals surface area contributed by atoms with Gasteiger partial charge in [-0.2, -0.15) is 5.26 Å². The highest BCUT2D eigenvalue weighted by Crippen LogP contribution is 2.46. The first-order valence-electron chi connectivity index (χ1n) is 13.2. The zero-order valence-corrected chi connectivity index (χ0v) is 23.8. The van der Waals surface area contributed by atoms with Crippen LogP contribution in [0.5, 0.6) is 0 Å². The minimum Gasteiger partial charge on any atom is -0.297 e. The minimum atomic E-state index is -2.92. The van der Waals surface area contributed by atoms with Crippen molar-refractivity contribution >= 4 is 52.3 Å². The number of hydrogen-bond acceptors (Lipinski definition) is 5. The van der Waals surface area contributed by atoms with E-state index in [1.54, 1.807) is 0 Å². The summed E-state index contributed by atoms with van der Waals surface area (Å²) in [4.78, 5) is 47.5. The SMILES string of the molecule is N#Cc1ccnc(N2C(=O)CC[C@H]2C(=O)N(c2cc(F)cc(F)c2)[C@H](C(=O)CC2CC(F)(F)C2)c2ccc(Cl)cc2Cl)c1. The van der Waals surface area contributed by atoms with Gasteiger partial charge in [-0.05, 0) is 48.7 Å². The number of halogens is 6. The Morgan fingerprint density at radius 1 is 1.09 bits per heavy atom. The standard InChI is InChI=1S/C30H22Cl2F4N4O3/c31-18-1-2-22(23(32)9-18)28(25(41)7-17-13-30(35,36)14-17)39(21-11-19(33)10-20(34)12-21)29(43)24-3-4-27(42)40(24)26-8-16(15-37)5-6-38-26/h1-2,5-6,8-12,17,24,28H,3-4,7,13-14H2/t24-,28-/m0/s1. The molecule has 2 amide bonds. The van der Waals surface area contributed by atoms with Crippen molar-refractivity contribution in [1.29, 1.82) is 5.26 Å². The second-order valence-corrected chi connectivity index (χ2v) is 11.4. The Bertz CT molecular complexity index is 1640. The van der Waals surface area contributed by atoms with Crippen molar-refractivity contribution < 1.29 is 31.9 Å². The van der Waals surface area contributed by atoms with E-state index in [2.05, 4.69) is 4.98 Å². The van der Waals surface area contributed by atoms with E-state index < -0.39 is 66.0 Å². The molecule has 0 radical (unpaired) electrons. The van der Waals surface area contributed by atoms with Crippen LogP contribution in [0.3, 0.4) is 0 Å². The van der Waals surface area contributed by atoms with Gasteiger partial charge in [-0.1, -0.05) is 29.3 Å². The molecule has 2 aliphatic rings. The van der Waals surface area contributed by atoms with E-state index in [1.165, 1.54) is 36.5 Å². The van der Waals surface area contributed by atoms with E-state index in [4.69, 9.17) is 23.2 Å². The molecule has 0 bridgehead atoms. The van der Waals surface area contributed by atoms with Gasteiger partial charge in [0.2, 0.25) is 11.8 Å². The van der Waals surface area contributed by atoms with Crippen molar-refractivity contribution in [2.24, 2.45) is 5.92 Å². The molecule has 43 heavy (non-hydrogen) atoms. The number of benzene rings is 2. The molecule has 7 nitrogen and oxygen atoms in total. The number of alkyl halides is 2. The highest BCUT2D eigenvalue weighted by Gasteiger charge is 2.48. The topological polar surface area (TPSA) is 94.4 Å². The molecule has 1 saturated carbocycles. The van der Waals surface area contributed by atoms with Gasteiger partial charge in [0.15, 0.2) is 5.78 Å². The maximum atomic E-state index is 14.6. The lowest BCUT2D eigenvalue weighted by atomic mass is 9.77. The van der Waals surface area contributed by atoms with Gasteiger partial charge in [0, 0.05) is 53.6 Å². The van der Waals surface area contributed by atoms with E-state index in [0.29, 0.717) is 6.07 Å². The number of aromatic nitrogens is 1.